The number of aliphatic carboxylic acids is 1. The first kappa shape index (κ1) is 36.0. The Morgan fingerprint density at radius 3 is 2.18 bits per heavy atom. The fourth-order valence-corrected chi connectivity index (χ4v) is 8.51. The maximum Gasteiger partial charge on any atom is 0.310 e. The number of carbonyl (C=O) groups is 3. The summed E-state index contributed by atoms with van der Waals surface area (Å²) < 4.78 is 0. The summed E-state index contributed by atoms with van der Waals surface area (Å²) in [6.45, 7) is 13.0. The van der Waals surface area contributed by atoms with Crippen LogP contribution in [0.15, 0.2) is 48.8 Å². The lowest BCUT2D eigenvalue weighted by molar-refractivity contribution is -0.153. The lowest BCUT2D eigenvalue weighted by Crippen LogP contribution is -2.59. The summed E-state index contributed by atoms with van der Waals surface area (Å²) in [6.07, 6.45) is 12.2. The molecule has 3 aliphatic rings. The first-order valence-corrected chi connectivity index (χ1v) is 19.1. The number of aromatic nitrogens is 2. The van der Waals surface area contributed by atoms with Crippen molar-refractivity contribution in [1.29, 1.82) is 0 Å². The van der Waals surface area contributed by atoms with Crippen molar-refractivity contribution in [3.63, 3.8) is 0 Å². The van der Waals surface area contributed by atoms with E-state index in [0.29, 0.717) is 10.7 Å². The predicted octanol–water partition coefficient (Wildman–Crippen LogP) is 5.87. The van der Waals surface area contributed by atoms with Crippen molar-refractivity contribution in [1.82, 2.24) is 25.1 Å². The summed E-state index contributed by atoms with van der Waals surface area (Å²) in [5.41, 5.74) is 2.70. The summed E-state index contributed by atoms with van der Waals surface area (Å²) in [6, 6.07) is 11.4. The molecule has 11 heteroatoms. The number of rotatable bonds is 11. The number of carboxylic acids is 1. The van der Waals surface area contributed by atoms with E-state index in [1.165, 1.54) is 54.8 Å². The summed E-state index contributed by atoms with van der Waals surface area (Å²) in [4.78, 5) is 55.8. The molecule has 3 aromatic rings. The fraction of sp³-hybridized carbons (Fsp3) is 0.564. The average Bonchev–Trinajstić information content (AvgIpc) is 3.60. The molecule has 268 valence electrons. The lowest BCUT2D eigenvalue weighted by atomic mass is 9.83. The minimum Gasteiger partial charge on any atom is -0.481 e. The molecule has 0 bridgehead atoms. The van der Waals surface area contributed by atoms with Gasteiger partial charge in [-0.25, -0.2) is 9.97 Å². The molecule has 2 N–H and O–H groups in total. The molecule has 1 aromatic carbocycles. The number of amides is 2. The summed E-state index contributed by atoms with van der Waals surface area (Å²) in [7, 11) is 0. The van der Waals surface area contributed by atoms with Crippen molar-refractivity contribution < 1.29 is 19.5 Å². The third kappa shape index (κ3) is 8.54. The predicted molar refractivity (Wildman–Crippen MR) is 198 cm³/mol. The zero-order valence-corrected chi connectivity index (χ0v) is 30.8. The quantitative estimate of drug-likeness (QED) is 0.255. The number of carbonyl (C=O) groups excluding carboxylic acids is 2. The molecule has 6 rings (SSSR count). The highest BCUT2D eigenvalue weighted by Crippen LogP contribution is 2.32. The topological polar surface area (TPSA) is 119 Å². The maximum atomic E-state index is 13.5. The number of nitrogens with one attached hydrogen (secondary N) is 1. The molecule has 10 nitrogen and oxygen atoms in total. The van der Waals surface area contributed by atoms with Gasteiger partial charge in [0.25, 0.3) is 5.91 Å². The lowest BCUT2D eigenvalue weighted by Gasteiger charge is -2.42. The van der Waals surface area contributed by atoms with Gasteiger partial charge in [-0.3, -0.25) is 19.3 Å². The molecule has 1 saturated carbocycles. The van der Waals surface area contributed by atoms with Gasteiger partial charge >= 0.3 is 5.97 Å². The van der Waals surface area contributed by atoms with Gasteiger partial charge in [-0.15, -0.1) is 11.3 Å². The Kier molecular flexibility index (Phi) is 11.2. The largest absolute Gasteiger partial charge is 0.481 e. The highest BCUT2D eigenvalue weighted by Gasteiger charge is 2.39. The van der Waals surface area contributed by atoms with Crippen molar-refractivity contribution >= 4 is 34.8 Å². The molecule has 0 spiro atoms. The second-order valence-electron chi connectivity index (χ2n) is 15.4. The number of nitrogens with zero attached hydrogens (tertiary/aromatic N) is 5. The standard InChI is InChI=1S/C39H52N6O4S/c1-5-6-26-9-13-30(14-10-26)43-17-19-44(20-18-43)31-22-40-35(41-23-31)28-11-7-27(8-12-28)21-32(37(47)45-24-29(25-45)38(48)49)42-36(46)33-15-16-34(50-33)39(2,3)4/h7-8,11-12,15-16,22-23,26,29-30,32H,5-6,9-10,13-14,17-21,24-25H2,1-4H3,(H,42,46)(H,48,49)/t26?,30?,32-/m0/s1. The second-order valence-corrected chi connectivity index (χ2v) is 16.5. The van der Waals surface area contributed by atoms with Crippen molar-refractivity contribution in [2.24, 2.45) is 11.8 Å². The molecule has 1 atom stereocenters. The summed E-state index contributed by atoms with van der Waals surface area (Å²) in [5.74, 6) is -0.491. The van der Waals surface area contributed by atoms with E-state index in [1.54, 1.807) is 6.07 Å². The van der Waals surface area contributed by atoms with Crippen LogP contribution in [0.2, 0.25) is 0 Å². The van der Waals surface area contributed by atoms with Gasteiger partial charge in [-0.1, -0.05) is 64.8 Å². The zero-order chi connectivity index (χ0) is 35.4. The third-order valence-electron chi connectivity index (χ3n) is 10.7. The molecule has 2 aliphatic heterocycles. The highest BCUT2D eigenvalue weighted by molar-refractivity contribution is 7.14. The summed E-state index contributed by atoms with van der Waals surface area (Å²) >= 11 is 1.42. The number of carboxylic acid groups (broad SMARTS) is 1. The molecule has 1 aliphatic carbocycles. The van der Waals surface area contributed by atoms with Crippen LogP contribution in [0.25, 0.3) is 11.4 Å². The third-order valence-corrected chi connectivity index (χ3v) is 12.2. The Hall–Kier alpha value is -3.83. The van der Waals surface area contributed by atoms with Crippen LogP contribution in [-0.4, -0.2) is 94.0 Å². The fourth-order valence-electron chi connectivity index (χ4n) is 7.54. The summed E-state index contributed by atoms with van der Waals surface area (Å²) in [5, 5.41) is 12.3. The molecule has 50 heavy (non-hydrogen) atoms. The van der Waals surface area contributed by atoms with Gasteiger partial charge in [0.15, 0.2) is 5.82 Å². The molecular formula is C39H52N6O4S. The van der Waals surface area contributed by atoms with E-state index in [0.717, 1.165) is 59.8 Å². The van der Waals surface area contributed by atoms with Crippen LogP contribution < -0.4 is 10.2 Å². The van der Waals surface area contributed by atoms with Crippen molar-refractivity contribution in [3.05, 3.63) is 64.1 Å². The van der Waals surface area contributed by atoms with Gasteiger partial charge in [0.2, 0.25) is 5.91 Å². The molecule has 3 fully saturated rings. The van der Waals surface area contributed by atoms with Gasteiger partial charge in [0, 0.05) is 62.2 Å². The smallest absolute Gasteiger partial charge is 0.310 e. The first-order valence-electron chi connectivity index (χ1n) is 18.3. The van der Waals surface area contributed by atoms with Crippen molar-refractivity contribution in [2.75, 3.05) is 44.2 Å². The highest BCUT2D eigenvalue weighted by atomic mass is 32.1. The van der Waals surface area contributed by atoms with E-state index < -0.39 is 17.9 Å². The van der Waals surface area contributed by atoms with Crippen LogP contribution in [-0.2, 0) is 21.4 Å². The number of thiophene rings is 1. The van der Waals surface area contributed by atoms with Crippen LogP contribution in [0.3, 0.4) is 0 Å². The van der Waals surface area contributed by atoms with E-state index >= 15 is 0 Å². The van der Waals surface area contributed by atoms with Crippen LogP contribution in [0.5, 0.6) is 0 Å². The number of benzene rings is 1. The Morgan fingerprint density at radius 1 is 0.940 bits per heavy atom. The van der Waals surface area contributed by atoms with Gasteiger partial charge in [0.1, 0.15) is 6.04 Å². The first-order chi connectivity index (χ1) is 24.0. The van der Waals surface area contributed by atoms with E-state index in [-0.39, 0.29) is 36.7 Å². The van der Waals surface area contributed by atoms with E-state index in [2.05, 4.69) is 42.8 Å². The SMILES string of the molecule is CCCC1CCC(N2CCN(c3cnc(-c4ccc(C[C@H](NC(=O)c5ccc(C(C)(C)C)s5)C(=O)N5CC(C(=O)O)C5)cc4)nc3)CC2)CC1. The van der Waals surface area contributed by atoms with Gasteiger partial charge < -0.3 is 20.2 Å². The second kappa shape index (κ2) is 15.6. The maximum absolute atomic E-state index is 13.5. The van der Waals surface area contributed by atoms with Crippen LogP contribution in [0.4, 0.5) is 5.69 Å². The van der Waals surface area contributed by atoms with Crippen LogP contribution in [0, 0.1) is 11.8 Å². The van der Waals surface area contributed by atoms with Crippen LogP contribution >= 0.6 is 11.3 Å². The minimum atomic E-state index is -0.911. The van der Waals surface area contributed by atoms with E-state index in [1.807, 2.05) is 42.7 Å². The number of hydrogen-bond acceptors (Lipinski definition) is 8. The number of anilines is 1. The molecule has 4 heterocycles. The normalized spacial score (nSPS) is 21.0. The minimum absolute atomic E-state index is 0.0875. The Morgan fingerprint density at radius 2 is 1.60 bits per heavy atom. The molecule has 0 radical (unpaired) electrons. The molecule has 2 amide bonds. The molecule has 2 saturated heterocycles. The zero-order valence-electron chi connectivity index (χ0n) is 29.9. The van der Waals surface area contributed by atoms with Gasteiger partial charge in [-0.2, -0.15) is 0 Å². The molecule has 2 aromatic heterocycles. The van der Waals surface area contributed by atoms with Crippen LogP contribution in [0.1, 0.15) is 86.3 Å². The number of hydrogen-bond donors (Lipinski definition) is 2. The van der Waals surface area contributed by atoms with Crippen molar-refractivity contribution in [3.8, 4) is 11.4 Å². The van der Waals surface area contributed by atoms with Gasteiger partial charge in [-0.05, 0) is 54.7 Å². The Bertz CT molecular complexity index is 1610. The van der Waals surface area contributed by atoms with Crippen molar-refractivity contribution in [2.45, 2.75) is 90.1 Å². The number of piperazine rings is 1. The number of likely N-dealkylation sites (tertiary alicyclic amines) is 1. The monoisotopic (exact) mass is 700 g/mol. The molecular weight excluding hydrogens is 649 g/mol. The molecule has 0 unspecified atom stereocenters. The van der Waals surface area contributed by atoms with E-state index in [4.69, 9.17) is 9.97 Å². The van der Waals surface area contributed by atoms with E-state index in [9.17, 15) is 19.5 Å². The average molecular weight is 701 g/mol. The Balaban J connectivity index is 1.06. The van der Waals surface area contributed by atoms with Gasteiger partial charge in [0.05, 0.1) is 28.9 Å². The Labute approximate surface area is 300 Å².